The fourth-order valence-corrected chi connectivity index (χ4v) is 1.07. The molecule has 0 unspecified atom stereocenters. The molecule has 0 amide bonds. The Hall–Kier alpha value is -0.340. The van der Waals surface area contributed by atoms with Gasteiger partial charge in [0.05, 0.1) is 5.88 Å². The van der Waals surface area contributed by atoms with Gasteiger partial charge in [-0.3, -0.25) is 0 Å². The van der Waals surface area contributed by atoms with Crippen molar-refractivity contribution in [2.75, 3.05) is 0 Å². The molecule has 0 aliphatic heterocycles. The Labute approximate surface area is 63.7 Å². The maximum atomic E-state index is 5.55. The van der Waals surface area contributed by atoms with E-state index in [2.05, 4.69) is 4.98 Å². The number of aromatic amines is 1. The van der Waals surface area contributed by atoms with Gasteiger partial charge in [-0.2, -0.15) is 0 Å². The zero-order valence-corrected chi connectivity index (χ0v) is 6.30. The fourth-order valence-electron chi connectivity index (χ4n) is 0.562. The van der Waals surface area contributed by atoms with Crippen LogP contribution in [0.3, 0.4) is 0 Å². The second kappa shape index (κ2) is 2.99. The maximum Gasteiger partial charge on any atom is 0.107 e. The highest BCUT2D eigenvalue weighted by Crippen LogP contribution is 2.01. The van der Waals surface area contributed by atoms with Gasteiger partial charge in [0.25, 0.3) is 0 Å². The molecule has 0 fully saturated rings. The molecule has 0 bridgehead atoms. The van der Waals surface area contributed by atoms with Crippen molar-refractivity contribution >= 4 is 23.8 Å². The van der Waals surface area contributed by atoms with Crippen LogP contribution in [0.2, 0.25) is 0 Å². The Balaban J connectivity index is 3.16. The maximum absolute atomic E-state index is 5.55. The van der Waals surface area contributed by atoms with Gasteiger partial charge in [0.2, 0.25) is 0 Å². The van der Waals surface area contributed by atoms with Crippen molar-refractivity contribution in [1.29, 1.82) is 0 Å². The Morgan fingerprint density at radius 2 is 2.44 bits per heavy atom. The topological polar surface area (TPSA) is 15.8 Å². The van der Waals surface area contributed by atoms with E-state index in [-0.39, 0.29) is 0 Å². The number of pyridine rings is 1. The number of hydrogen-bond acceptors (Lipinski definition) is 1. The summed E-state index contributed by atoms with van der Waals surface area (Å²) >= 11 is 10.5. The zero-order chi connectivity index (χ0) is 6.69. The summed E-state index contributed by atoms with van der Waals surface area (Å²) in [6, 6.07) is 3.79. The first-order valence-electron chi connectivity index (χ1n) is 2.57. The predicted octanol–water partition coefficient (Wildman–Crippen LogP) is 2.48. The molecule has 1 aromatic heterocycles. The Bertz CT molecular complexity index is 243. The van der Waals surface area contributed by atoms with Crippen molar-refractivity contribution in [1.82, 2.24) is 4.98 Å². The summed E-state index contributed by atoms with van der Waals surface area (Å²) in [4.78, 5) is 2.88. The summed E-state index contributed by atoms with van der Waals surface area (Å²) in [5.74, 6) is 0.482. The molecular weight excluding hydrogens is 154 g/mol. The van der Waals surface area contributed by atoms with Crippen LogP contribution in [-0.2, 0) is 5.88 Å². The van der Waals surface area contributed by atoms with E-state index in [4.69, 9.17) is 23.8 Å². The van der Waals surface area contributed by atoms with Gasteiger partial charge in [-0.05, 0) is 6.07 Å². The minimum atomic E-state index is 0.482. The lowest BCUT2D eigenvalue weighted by Crippen LogP contribution is -1.80. The third-order valence-corrected chi connectivity index (χ3v) is 1.71. The van der Waals surface area contributed by atoms with Gasteiger partial charge in [0.15, 0.2) is 0 Å². The second-order valence-electron chi connectivity index (χ2n) is 1.66. The van der Waals surface area contributed by atoms with E-state index in [1.54, 1.807) is 6.20 Å². The molecule has 1 heterocycles. The molecule has 0 spiro atoms. The Morgan fingerprint density at radius 1 is 1.67 bits per heavy atom. The highest BCUT2D eigenvalue weighted by molar-refractivity contribution is 7.71. The first kappa shape index (κ1) is 6.78. The van der Waals surface area contributed by atoms with Gasteiger partial charge < -0.3 is 4.98 Å². The van der Waals surface area contributed by atoms with Crippen LogP contribution in [0.4, 0.5) is 0 Å². The summed E-state index contributed by atoms with van der Waals surface area (Å²) in [7, 11) is 0. The van der Waals surface area contributed by atoms with Crippen molar-refractivity contribution < 1.29 is 0 Å². The number of rotatable bonds is 1. The van der Waals surface area contributed by atoms with Crippen LogP contribution in [0, 0.1) is 4.64 Å². The van der Waals surface area contributed by atoms with Crippen molar-refractivity contribution in [2.24, 2.45) is 0 Å². The molecule has 1 rings (SSSR count). The summed E-state index contributed by atoms with van der Waals surface area (Å²) in [5.41, 5.74) is 0.981. The summed E-state index contributed by atoms with van der Waals surface area (Å²) in [6.45, 7) is 0. The molecule has 48 valence electrons. The molecular formula is C6H6ClNS. The van der Waals surface area contributed by atoms with E-state index in [0.29, 0.717) is 5.88 Å². The highest BCUT2D eigenvalue weighted by Gasteiger charge is 1.88. The first-order chi connectivity index (χ1) is 4.34. The monoisotopic (exact) mass is 159 g/mol. The van der Waals surface area contributed by atoms with E-state index in [9.17, 15) is 0 Å². The van der Waals surface area contributed by atoms with E-state index in [0.717, 1.165) is 10.2 Å². The van der Waals surface area contributed by atoms with Gasteiger partial charge in [0.1, 0.15) is 4.64 Å². The lowest BCUT2D eigenvalue weighted by atomic mass is 10.3. The molecule has 0 saturated carbocycles. The number of alkyl halides is 1. The van der Waals surface area contributed by atoms with Crippen LogP contribution >= 0.6 is 23.8 Å². The summed E-state index contributed by atoms with van der Waals surface area (Å²) in [5, 5.41) is 0. The molecule has 0 aromatic carbocycles. The van der Waals surface area contributed by atoms with Crippen LogP contribution in [0.25, 0.3) is 0 Å². The smallest absolute Gasteiger partial charge is 0.107 e. The quantitative estimate of drug-likeness (QED) is 0.492. The average Bonchev–Trinajstić information content (AvgIpc) is 1.89. The Morgan fingerprint density at radius 3 is 2.89 bits per heavy atom. The van der Waals surface area contributed by atoms with Gasteiger partial charge in [-0.25, -0.2) is 0 Å². The zero-order valence-electron chi connectivity index (χ0n) is 4.73. The van der Waals surface area contributed by atoms with Gasteiger partial charge in [-0.15, -0.1) is 11.6 Å². The molecule has 1 nitrogen and oxygen atoms in total. The van der Waals surface area contributed by atoms with E-state index in [1.807, 2.05) is 12.1 Å². The van der Waals surface area contributed by atoms with Crippen molar-refractivity contribution in [3.8, 4) is 0 Å². The van der Waals surface area contributed by atoms with Crippen molar-refractivity contribution in [2.45, 2.75) is 5.88 Å². The molecule has 9 heavy (non-hydrogen) atoms. The number of hydrogen-bond donors (Lipinski definition) is 1. The highest BCUT2D eigenvalue weighted by atomic mass is 35.5. The van der Waals surface area contributed by atoms with Crippen molar-refractivity contribution in [3.05, 3.63) is 28.5 Å². The molecule has 0 atom stereocenters. The summed E-state index contributed by atoms with van der Waals surface area (Å²) in [6.07, 6.45) is 1.79. The SMILES string of the molecule is S=c1[nH]cccc1CCl. The molecule has 0 aliphatic carbocycles. The predicted molar refractivity (Wildman–Crippen MR) is 41.2 cm³/mol. The molecule has 3 heteroatoms. The molecule has 0 saturated heterocycles. The van der Waals surface area contributed by atoms with Crippen LogP contribution < -0.4 is 0 Å². The number of H-pyrrole nitrogens is 1. The van der Waals surface area contributed by atoms with E-state index in [1.165, 1.54) is 0 Å². The summed E-state index contributed by atoms with van der Waals surface area (Å²) < 4.78 is 0.729. The fraction of sp³-hybridized carbons (Fsp3) is 0.167. The van der Waals surface area contributed by atoms with Crippen LogP contribution in [0.1, 0.15) is 5.56 Å². The minimum absolute atomic E-state index is 0.482. The molecule has 1 N–H and O–H groups in total. The second-order valence-corrected chi connectivity index (χ2v) is 2.33. The van der Waals surface area contributed by atoms with Gasteiger partial charge in [-0.1, -0.05) is 18.3 Å². The van der Waals surface area contributed by atoms with E-state index >= 15 is 0 Å². The lowest BCUT2D eigenvalue weighted by molar-refractivity contribution is 1.22. The molecule has 0 aliphatic rings. The third kappa shape index (κ3) is 1.53. The van der Waals surface area contributed by atoms with E-state index < -0.39 is 0 Å². The largest absolute Gasteiger partial charge is 0.353 e. The van der Waals surface area contributed by atoms with Crippen LogP contribution in [-0.4, -0.2) is 4.98 Å². The lowest BCUT2D eigenvalue weighted by Gasteiger charge is -1.91. The number of nitrogens with one attached hydrogen (secondary N) is 1. The minimum Gasteiger partial charge on any atom is -0.353 e. The average molecular weight is 160 g/mol. The normalized spacial score (nSPS) is 9.44. The molecule has 1 aromatic rings. The number of aromatic nitrogens is 1. The standard InChI is InChI=1S/C6H6ClNS/c7-4-5-2-1-3-8-6(5)9/h1-3H,4H2,(H,8,9). The first-order valence-corrected chi connectivity index (χ1v) is 3.51. The van der Waals surface area contributed by atoms with Crippen LogP contribution in [0.15, 0.2) is 18.3 Å². The van der Waals surface area contributed by atoms with Gasteiger partial charge in [0, 0.05) is 11.8 Å². The van der Waals surface area contributed by atoms with Crippen molar-refractivity contribution in [3.63, 3.8) is 0 Å². The van der Waals surface area contributed by atoms with Gasteiger partial charge >= 0.3 is 0 Å². The third-order valence-electron chi connectivity index (χ3n) is 1.04. The van der Waals surface area contributed by atoms with Crippen LogP contribution in [0.5, 0.6) is 0 Å². The Kier molecular flexibility index (Phi) is 2.25. The molecule has 0 radical (unpaired) electrons. The number of halogens is 1.